The summed E-state index contributed by atoms with van der Waals surface area (Å²) in [5.41, 5.74) is 3.05. The fourth-order valence-corrected chi connectivity index (χ4v) is 6.31. The molecule has 2 aromatic rings. The quantitative estimate of drug-likeness (QED) is 0.533. The first-order valence-electron chi connectivity index (χ1n) is 13.1. The molecule has 0 aromatic heterocycles. The van der Waals surface area contributed by atoms with E-state index >= 15 is 0 Å². The van der Waals surface area contributed by atoms with Crippen LogP contribution in [-0.4, -0.2) is 54.2 Å². The van der Waals surface area contributed by atoms with E-state index in [2.05, 4.69) is 22.4 Å². The Bertz CT molecular complexity index is 1160. The number of carbonyl (C=O) groups is 1. The molecule has 2 saturated carbocycles. The fraction of sp³-hybridized carbons (Fsp3) is 0.517. The van der Waals surface area contributed by atoms with Crippen LogP contribution in [0.4, 0.5) is 19.3 Å². The van der Waals surface area contributed by atoms with E-state index in [1.165, 1.54) is 11.6 Å². The number of hydrogen-bond donors (Lipinski definition) is 1. The summed E-state index contributed by atoms with van der Waals surface area (Å²) in [4.78, 5) is 17.5. The van der Waals surface area contributed by atoms with Gasteiger partial charge in [-0.1, -0.05) is 18.2 Å². The average Bonchev–Trinajstić information content (AvgIpc) is 3.48. The van der Waals surface area contributed by atoms with Crippen LogP contribution in [0.5, 0.6) is 0 Å². The molecular weight excluding hydrogens is 458 g/mol. The van der Waals surface area contributed by atoms with Crippen LogP contribution in [0.3, 0.4) is 0 Å². The summed E-state index contributed by atoms with van der Waals surface area (Å²) in [6.07, 6.45) is 4.49. The number of nitriles is 1. The highest BCUT2D eigenvalue weighted by Gasteiger charge is 2.58. The van der Waals surface area contributed by atoms with Gasteiger partial charge in [0.15, 0.2) is 0 Å². The van der Waals surface area contributed by atoms with Crippen LogP contribution in [0.15, 0.2) is 42.5 Å². The van der Waals surface area contributed by atoms with Crippen LogP contribution in [0.2, 0.25) is 0 Å². The van der Waals surface area contributed by atoms with Crippen molar-refractivity contribution >= 4 is 11.7 Å². The van der Waals surface area contributed by atoms with Gasteiger partial charge in [-0.15, -0.1) is 0 Å². The lowest BCUT2D eigenvalue weighted by atomic mass is 9.80. The molecule has 1 saturated heterocycles. The molecule has 4 atom stereocenters. The molecule has 3 aliphatic rings. The molecular formula is C29H34F2N4O. The number of carbonyl (C=O) groups excluding carboxylic acids is 1. The summed E-state index contributed by atoms with van der Waals surface area (Å²) >= 11 is 0. The van der Waals surface area contributed by atoms with E-state index in [1.807, 2.05) is 23.1 Å². The number of alkyl halides is 1. The molecule has 7 heteroatoms. The second-order valence-corrected chi connectivity index (χ2v) is 10.8. The van der Waals surface area contributed by atoms with Gasteiger partial charge in [-0.05, 0) is 98.7 Å². The minimum absolute atomic E-state index is 0.104. The zero-order valence-corrected chi connectivity index (χ0v) is 20.9. The Morgan fingerprint density at radius 3 is 2.86 bits per heavy atom. The topological polar surface area (TPSA) is 59.4 Å². The number of nitrogens with one attached hydrogen (secondary N) is 1. The Morgan fingerprint density at radius 1 is 1.28 bits per heavy atom. The predicted octanol–water partition coefficient (Wildman–Crippen LogP) is 5.78. The Hall–Kier alpha value is -2.98. The molecule has 2 aromatic carbocycles. The Kier molecular flexibility index (Phi) is 6.98. The Labute approximate surface area is 212 Å². The summed E-state index contributed by atoms with van der Waals surface area (Å²) in [5, 5.41) is 12.2. The van der Waals surface area contributed by atoms with E-state index in [9.17, 15) is 18.8 Å². The molecule has 1 unspecified atom stereocenters. The van der Waals surface area contributed by atoms with Gasteiger partial charge in [-0.3, -0.25) is 0 Å². The summed E-state index contributed by atoms with van der Waals surface area (Å²) in [7, 11) is 0. The van der Waals surface area contributed by atoms with E-state index in [-0.39, 0.29) is 23.3 Å². The van der Waals surface area contributed by atoms with Crippen LogP contribution >= 0.6 is 0 Å². The molecule has 36 heavy (non-hydrogen) atoms. The zero-order chi connectivity index (χ0) is 25.3. The maximum Gasteiger partial charge on any atom is 0.322 e. The average molecular weight is 493 g/mol. The monoisotopic (exact) mass is 492 g/mol. The molecule has 2 amide bonds. The lowest BCUT2D eigenvalue weighted by Gasteiger charge is -2.37. The minimum atomic E-state index is -0.748. The van der Waals surface area contributed by atoms with Crippen molar-refractivity contribution in [2.45, 2.75) is 63.1 Å². The molecule has 5 rings (SSSR count). The fourth-order valence-electron chi connectivity index (χ4n) is 6.31. The maximum atomic E-state index is 14.1. The van der Waals surface area contributed by atoms with Crippen LogP contribution in [0, 0.1) is 30.0 Å². The zero-order valence-electron chi connectivity index (χ0n) is 20.9. The highest BCUT2D eigenvalue weighted by molar-refractivity contribution is 5.89. The molecule has 190 valence electrons. The third-order valence-electron chi connectivity index (χ3n) is 8.49. The maximum absolute atomic E-state index is 14.1. The van der Waals surface area contributed by atoms with Crippen molar-refractivity contribution in [2.75, 3.05) is 31.5 Å². The van der Waals surface area contributed by atoms with Crippen LogP contribution < -0.4 is 5.32 Å². The number of nitrogens with zero attached hydrogens (tertiary/aromatic N) is 3. The summed E-state index contributed by atoms with van der Waals surface area (Å²) in [6.45, 7) is 4.30. The van der Waals surface area contributed by atoms with Crippen molar-refractivity contribution in [1.82, 2.24) is 9.80 Å². The number of hydrogen-bond acceptors (Lipinski definition) is 3. The number of rotatable bonds is 7. The third kappa shape index (κ3) is 5.10. The molecule has 1 N–H and O–H groups in total. The first-order chi connectivity index (χ1) is 17.4. The van der Waals surface area contributed by atoms with E-state index < -0.39 is 6.17 Å². The van der Waals surface area contributed by atoms with Gasteiger partial charge in [0.1, 0.15) is 12.0 Å². The van der Waals surface area contributed by atoms with E-state index in [0.717, 1.165) is 45.2 Å². The lowest BCUT2D eigenvalue weighted by molar-refractivity contribution is 0.155. The number of fused-ring (bicyclic) bond motifs is 1. The summed E-state index contributed by atoms with van der Waals surface area (Å²) in [6, 6.07) is 14.9. The molecule has 1 aliphatic heterocycles. The Morgan fingerprint density at radius 2 is 2.14 bits per heavy atom. The normalized spacial score (nSPS) is 27.2. The number of aryl methyl sites for hydroxylation is 1. The van der Waals surface area contributed by atoms with Gasteiger partial charge in [0.25, 0.3) is 0 Å². The standard InChI is InChI=1S/C29H34F2N4O/c1-20-6-7-25(16-27(20)31)33-28(36)35(12-3-11-34-13-9-24(30)19-34)26-8-10-29(17-23(29)15-26)22-5-2-4-21(14-22)18-32/h2,4-7,14,16,23-24,26H,3,8-13,15,17,19H2,1H3,(H,33,36)/t23?,24-,26-,29-/m1/s1. The van der Waals surface area contributed by atoms with Crippen molar-refractivity contribution in [3.05, 3.63) is 65.0 Å². The largest absolute Gasteiger partial charge is 0.322 e. The second-order valence-electron chi connectivity index (χ2n) is 10.8. The number of urea groups is 1. The Balaban J connectivity index is 1.27. The van der Waals surface area contributed by atoms with Crippen LogP contribution in [0.1, 0.15) is 55.2 Å². The number of halogens is 2. The number of benzene rings is 2. The molecule has 0 bridgehead atoms. The van der Waals surface area contributed by atoms with Crippen molar-refractivity contribution in [1.29, 1.82) is 5.26 Å². The molecule has 5 nitrogen and oxygen atoms in total. The number of anilines is 1. The van der Waals surface area contributed by atoms with Crippen molar-refractivity contribution in [3.63, 3.8) is 0 Å². The molecule has 0 spiro atoms. The first kappa shape index (κ1) is 24.7. The van der Waals surface area contributed by atoms with Crippen molar-refractivity contribution < 1.29 is 13.6 Å². The van der Waals surface area contributed by atoms with E-state index in [0.29, 0.717) is 42.2 Å². The molecule has 3 fully saturated rings. The van der Waals surface area contributed by atoms with Crippen molar-refractivity contribution in [3.8, 4) is 6.07 Å². The molecule has 1 heterocycles. The lowest BCUT2D eigenvalue weighted by Crippen LogP contribution is -2.46. The van der Waals surface area contributed by atoms with Gasteiger partial charge in [0.05, 0.1) is 11.6 Å². The van der Waals surface area contributed by atoms with E-state index in [4.69, 9.17) is 0 Å². The number of likely N-dealkylation sites (tertiary alicyclic amines) is 1. The highest BCUT2D eigenvalue weighted by atomic mass is 19.1. The summed E-state index contributed by atoms with van der Waals surface area (Å²) in [5.74, 6) is 0.150. The highest BCUT2D eigenvalue weighted by Crippen LogP contribution is 2.62. The number of amides is 2. The SMILES string of the molecule is Cc1ccc(NC(=O)N(CCCN2CC[C@@H](F)C2)[C@@H]2CC[C@]3(c4cccc(C#N)c4)CC3C2)cc1F. The summed E-state index contributed by atoms with van der Waals surface area (Å²) < 4.78 is 27.7. The van der Waals surface area contributed by atoms with Crippen molar-refractivity contribution in [2.24, 2.45) is 5.92 Å². The van der Waals surface area contributed by atoms with Gasteiger partial charge >= 0.3 is 6.03 Å². The first-order valence-corrected chi connectivity index (χ1v) is 13.1. The van der Waals surface area contributed by atoms with Gasteiger partial charge in [0, 0.05) is 31.4 Å². The molecule has 2 aliphatic carbocycles. The predicted molar refractivity (Wildman–Crippen MR) is 136 cm³/mol. The van der Waals surface area contributed by atoms with Gasteiger partial charge in [-0.25, -0.2) is 13.6 Å². The van der Waals surface area contributed by atoms with Crippen LogP contribution in [0.25, 0.3) is 0 Å². The minimum Gasteiger partial charge on any atom is -0.321 e. The second kappa shape index (κ2) is 10.2. The molecule has 0 radical (unpaired) electrons. The third-order valence-corrected chi connectivity index (χ3v) is 8.49. The smallest absolute Gasteiger partial charge is 0.321 e. The van der Waals surface area contributed by atoms with Gasteiger partial charge in [-0.2, -0.15) is 5.26 Å². The van der Waals surface area contributed by atoms with Gasteiger partial charge in [0.2, 0.25) is 0 Å². The van der Waals surface area contributed by atoms with E-state index in [1.54, 1.807) is 19.1 Å². The van der Waals surface area contributed by atoms with Crippen LogP contribution in [-0.2, 0) is 5.41 Å². The van der Waals surface area contributed by atoms with Gasteiger partial charge < -0.3 is 15.1 Å².